The van der Waals surface area contributed by atoms with Gasteiger partial charge < -0.3 is 45.4 Å². The predicted molar refractivity (Wildman–Crippen MR) is 72.2 cm³/mol. The van der Waals surface area contributed by atoms with Gasteiger partial charge in [0, 0.05) is 0 Å². The Kier molecular flexibility index (Phi) is 22.6. The number of amides is 4. The lowest BCUT2D eigenvalue weighted by molar-refractivity contribution is 0.256. The van der Waals surface area contributed by atoms with Gasteiger partial charge in [-0.1, -0.05) is 0 Å². The lowest BCUT2D eigenvalue weighted by Crippen LogP contribution is -2.25. The number of hydrogen-bond donors (Lipinski definition) is 8. The van der Waals surface area contributed by atoms with Crippen molar-refractivity contribution in [2.75, 3.05) is 0 Å². The van der Waals surface area contributed by atoms with E-state index in [2.05, 4.69) is 21.5 Å². The third-order valence-corrected chi connectivity index (χ3v) is 0.479. The van der Waals surface area contributed by atoms with E-state index in [4.69, 9.17) is 40.5 Å². The lowest BCUT2D eigenvalue weighted by atomic mass is 11.0. The van der Waals surface area contributed by atoms with Crippen LogP contribution in [0.15, 0.2) is 9.98 Å². The second-order valence-electron chi connectivity index (χ2n) is 2.20. The summed E-state index contributed by atoms with van der Waals surface area (Å²) in [4.78, 5) is 25.1. The van der Waals surface area contributed by atoms with Crippen LogP contribution >= 0.6 is 0 Å². The molecule has 17 heteroatoms. The molecule has 128 valence electrons. The molecule has 18 N–H and O–H groups in total. The molecule has 0 aliphatic heterocycles. The molecule has 21 heavy (non-hydrogen) atoms. The molecule has 0 unspecified atom stereocenters. The number of hydrogen-bond acceptors (Lipinski definition) is 4. The third kappa shape index (κ3) is 145. The first kappa shape index (κ1) is 30.9. The van der Waals surface area contributed by atoms with Crippen molar-refractivity contribution in [3.05, 3.63) is 0 Å². The van der Waals surface area contributed by atoms with Crippen molar-refractivity contribution in [1.29, 1.82) is 0 Å². The quantitative estimate of drug-likeness (QED) is 0.117. The number of carbonyl (C=O) groups is 2. The van der Waals surface area contributed by atoms with Crippen LogP contribution in [0.5, 0.6) is 0 Å². The Hall–Kier alpha value is -2.73. The number of nitrogens with two attached hydrogens (primary N) is 6. The Morgan fingerprint density at radius 1 is 0.714 bits per heavy atom. The normalized spacial score (nSPS) is 7.71. The standard InChI is InChI=1S/2C2H6N4O.H2O4S.2H2O/c2*3-1(4)6-2(5)7;1-5(2,3)4;;/h2*(H6,3,4,5,6,7);(H2,1,2,3,4);2*1H2. The van der Waals surface area contributed by atoms with Crippen LogP contribution in [0.1, 0.15) is 0 Å². The Balaban J connectivity index is -0.0000000590. The molecule has 0 aliphatic rings. The first-order valence-corrected chi connectivity index (χ1v) is 5.13. The summed E-state index contributed by atoms with van der Waals surface area (Å²) >= 11 is 0. The third-order valence-electron chi connectivity index (χ3n) is 0.479. The van der Waals surface area contributed by atoms with E-state index < -0.39 is 22.5 Å². The molecule has 0 heterocycles. The molecule has 0 atom stereocenters. The van der Waals surface area contributed by atoms with Crippen LogP contribution in [0, 0.1) is 0 Å². The number of urea groups is 2. The number of nitrogens with zero attached hydrogens (tertiary/aromatic N) is 2. The minimum Gasteiger partial charge on any atom is -0.412 e. The van der Waals surface area contributed by atoms with Gasteiger partial charge in [0.25, 0.3) is 0 Å². The Morgan fingerprint density at radius 2 is 0.857 bits per heavy atom. The zero-order valence-corrected chi connectivity index (χ0v) is 11.1. The molecule has 0 bridgehead atoms. The van der Waals surface area contributed by atoms with Gasteiger partial charge in [0.05, 0.1) is 0 Å². The summed E-state index contributed by atoms with van der Waals surface area (Å²) in [6, 6.07) is -1.75. The topological polar surface area (TPSA) is 353 Å². The summed E-state index contributed by atoms with van der Waals surface area (Å²) in [7, 11) is -4.67. The molecule has 0 aromatic rings. The van der Waals surface area contributed by atoms with E-state index in [1.807, 2.05) is 0 Å². The average molecular weight is 338 g/mol. The van der Waals surface area contributed by atoms with Crippen molar-refractivity contribution < 1.29 is 38.1 Å². The second-order valence-corrected chi connectivity index (χ2v) is 3.09. The van der Waals surface area contributed by atoms with E-state index in [-0.39, 0.29) is 22.9 Å². The largest absolute Gasteiger partial charge is 0.412 e. The fourth-order valence-corrected chi connectivity index (χ4v) is 0.254. The number of carbonyl (C=O) groups excluding carboxylic acids is 2. The van der Waals surface area contributed by atoms with Crippen LogP contribution in [0.25, 0.3) is 0 Å². The minimum atomic E-state index is -4.67. The highest BCUT2D eigenvalue weighted by Gasteiger charge is 1.85. The molecule has 0 saturated carbocycles. The molecular weight excluding hydrogens is 320 g/mol. The van der Waals surface area contributed by atoms with Crippen molar-refractivity contribution >= 4 is 34.4 Å². The van der Waals surface area contributed by atoms with Gasteiger partial charge in [-0.3, -0.25) is 9.11 Å². The Labute approximate surface area is 118 Å². The highest BCUT2D eigenvalue weighted by molar-refractivity contribution is 7.79. The Bertz CT molecular complexity index is 413. The SMILES string of the molecule is NC(=O)N=C(N)N.NC(=O)N=C(N)N.O.O.O=S(=O)(O)O. The van der Waals surface area contributed by atoms with Crippen molar-refractivity contribution in [2.45, 2.75) is 0 Å². The van der Waals surface area contributed by atoms with E-state index in [9.17, 15) is 9.59 Å². The van der Waals surface area contributed by atoms with Crippen LogP contribution in [0.4, 0.5) is 9.59 Å². The van der Waals surface area contributed by atoms with Crippen LogP contribution in [-0.2, 0) is 10.4 Å². The zero-order chi connectivity index (χ0) is 16.2. The van der Waals surface area contributed by atoms with E-state index in [1.165, 1.54) is 0 Å². The summed E-state index contributed by atoms with van der Waals surface area (Å²) in [5.41, 5.74) is 27.9. The summed E-state index contributed by atoms with van der Waals surface area (Å²) in [5.74, 6) is -0.625. The first-order valence-electron chi connectivity index (χ1n) is 3.73. The molecule has 0 aliphatic carbocycles. The van der Waals surface area contributed by atoms with Crippen LogP contribution in [0.3, 0.4) is 0 Å². The number of guanidine groups is 2. The predicted octanol–water partition coefficient (Wildman–Crippen LogP) is -5.63. The number of aliphatic imine (C=N–C) groups is 2. The van der Waals surface area contributed by atoms with Crippen LogP contribution in [-0.4, -0.2) is 52.5 Å². The molecule has 16 nitrogen and oxygen atoms in total. The number of primary amides is 2. The maximum atomic E-state index is 9.68. The fraction of sp³-hybridized carbons (Fsp3) is 0. The molecular formula is C4H18N8O8S. The molecule has 0 radical (unpaired) electrons. The first-order chi connectivity index (χ1) is 8.25. The fourth-order valence-electron chi connectivity index (χ4n) is 0.254. The highest BCUT2D eigenvalue weighted by atomic mass is 32.3. The van der Waals surface area contributed by atoms with Gasteiger partial charge >= 0.3 is 22.5 Å². The highest BCUT2D eigenvalue weighted by Crippen LogP contribution is 1.61. The maximum absolute atomic E-state index is 9.68. The summed E-state index contributed by atoms with van der Waals surface area (Å²) in [6.45, 7) is 0. The Morgan fingerprint density at radius 3 is 0.857 bits per heavy atom. The van der Waals surface area contributed by atoms with Gasteiger partial charge in [-0.15, -0.1) is 0 Å². The van der Waals surface area contributed by atoms with Gasteiger partial charge in [0.1, 0.15) is 0 Å². The molecule has 0 aromatic heterocycles. The van der Waals surface area contributed by atoms with E-state index >= 15 is 0 Å². The maximum Gasteiger partial charge on any atom is 0.394 e. The van der Waals surface area contributed by atoms with Crippen LogP contribution < -0.4 is 34.4 Å². The summed E-state index contributed by atoms with van der Waals surface area (Å²) in [6.07, 6.45) is 0. The van der Waals surface area contributed by atoms with Crippen molar-refractivity contribution in [1.82, 2.24) is 0 Å². The molecule has 0 spiro atoms. The monoisotopic (exact) mass is 338 g/mol. The van der Waals surface area contributed by atoms with Gasteiger partial charge in [-0.2, -0.15) is 18.4 Å². The number of rotatable bonds is 0. The molecule has 0 rings (SSSR count). The summed E-state index contributed by atoms with van der Waals surface area (Å²) in [5, 5.41) is 0. The van der Waals surface area contributed by atoms with Gasteiger partial charge in [-0.25, -0.2) is 9.59 Å². The van der Waals surface area contributed by atoms with Gasteiger partial charge in [-0.05, 0) is 0 Å². The van der Waals surface area contributed by atoms with E-state index in [0.29, 0.717) is 0 Å². The smallest absolute Gasteiger partial charge is 0.394 e. The molecule has 0 saturated heterocycles. The van der Waals surface area contributed by atoms with E-state index in [1.54, 1.807) is 0 Å². The van der Waals surface area contributed by atoms with Gasteiger partial charge in [0.15, 0.2) is 11.9 Å². The van der Waals surface area contributed by atoms with Gasteiger partial charge in [0.2, 0.25) is 0 Å². The van der Waals surface area contributed by atoms with Crippen molar-refractivity contribution in [2.24, 2.45) is 44.4 Å². The van der Waals surface area contributed by atoms with Crippen molar-refractivity contribution in [3.8, 4) is 0 Å². The lowest BCUT2D eigenvalue weighted by Gasteiger charge is -1.82. The molecule has 4 amide bonds. The minimum absolute atomic E-state index is 0. The molecule has 0 aromatic carbocycles. The van der Waals surface area contributed by atoms with E-state index in [0.717, 1.165) is 0 Å². The summed E-state index contributed by atoms with van der Waals surface area (Å²) < 4.78 is 31.6. The zero-order valence-electron chi connectivity index (χ0n) is 10.3. The molecule has 0 fully saturated rings. The second kappa shape index (κ2) is 15.3. The van der Waals surface area contributed by atoms with Crippen LogP contribution in [0.2, 0.25) is 0 Å². The average Bonchev–Trinajstić information content (AvgIpc) is 1.93. The van der Waals surface area contributed by atoms with Crippen molar-refractivity contribution in [3.63, 3.8) is 0 Å².